The molecular weight excluding hydrogens is 348 g/mol. The average Bonchev–Trinajstić information content (AvgIpc) is 3.41. The summed E-state index contributed by atoms with van der Waals surface area (Å²) in [4.78, 5) is 31.5. The quantitative estimate of drug-likeness (QED) is 0.218. The standard InChI is InChI=1S/C11H23NO2.C5H7NO3.C4H8/c1-9(2)6-4-5-7-11(14)12-10(3)8-13;7-3-6-1-4(8)5-2-9-5;1-4(2)3/h9-10,13H,4-8H2,1-3H3,(H,12,14);3,5H,1-2H2,(H,6,7);1H2,2-3H3. The van der Waals surface area contributed by atoms with Gasteiger partial charge < -0.3 is 20.5 Å². The highest BCUT2D eigenvalue weighted by atomic mass is 16.6. The summed E-state index contributed by atoms with van der Waals surface area (Å²) in [6.07, 6.45) is 4.08. The molecule has 3 N–H and O–H groups in total. The Kier molecular flexibility index (Phi) is 18.0. The number of carbonyl (C=O) groups excluding carboxylic acids is 3. The highest BCUT2D eigenvalue weighted by molar-refractivity contribution is 5.88. The SMILES string of the molecule is C=C(C)C.CC(C)CCCCC(=O)NC(C)CO.O=CNCC(=O)C1CO1. The summed E-state index contributed by atoms with van der Waals surface area (Å²) in [5.41, 5.74) is 1.17. The Hall–Kier alpha value is -1.73. The number of ketones is 1. The van der Waals surface area contributed by atoms with Crippen LogP contribution in [0.25, 0.3) is 0 Å². The molecule has 0 aromatic carbocycles. The fraction of sp³-hybridized carbons (Fsp3) is 0.750. The van der Waals surface area contributed by atoms with Crippen LogP contribution in [0.1, 0.15) is 60.3 Å². The third kappa shape index (κ3) is 24.3. The van der Waals surface area contributed by atoms with Crippen LogP contribution in [0.3, 0.4) is 0 Å². The molecule has 2 unspecified atom stereocenters. The van der Waals surface area contributed by atoms with Crippen LogP contribution in [0.5, 0.6) is 0 Å². The molecule has 1 aliphatic heterocycles. The second-order valence-corrected chi connectivity index (χ2v) is 7.28. The summed E-state index contributed by atoms with van der Waals surface area (Å²) in [6, 6.07) is -0.118. The lowest BCUT2D eigenvalue weighted by Gasteiger charge is -2.10. The molecule has 2 atom stereocenters. The van der Waals surface area contributed by atoms with Gasteiger partial charge in [-0.05, 0) is 33.1 Å². The van der Waals surface area contributed by atoms with E-state index in [1.54, 1.807) is 6.92 Å². The number of amides is 2. The molecular formula is C20H38N2O5. The summed E-state index contributed by atoms with van der Waals surface area (Å²) in [6.45, 7) is 14.3. The number of allylic oxidation sites excluding steroid dienone is 1. The number of unbranched alkanes of at least 4 members (excludes halogenated alkanes) is 1. The fourth-order valence-electron chi connectivity index (χ4n) is 1.72. The Morgan fingerprint density at radius 3 is 2.22 bits per heavy atom. The average molecular weight is 387 g/mol. The molecule has 0 aliphatic carbocycles. The lowest BCUT2D eigenvalue weighted by molar-refractivity contribution is -0.122. The minimum Gasteiger partial charge on any atom is -0.394 e. The normalized spacial score (nSPS) is 15.3. The molecule has 0 spiro atoms. The molecule has 7 nitrogen and oxygen atoms in total. The van der Waals surface area contributed by atoms with Gasteiger partial charge >= 0.3 is 0 Å². The lowest BCUT2D eigenvalue weighted by atomic mass is 10.1. The van der Waals surface area contributed by atoms with Crippen LogP contribution in [-0.4, -0.2) is 55.1 Å². The Morgan fingerprint density at radius 2 is 1.81 bits per heavy atom. The first-order chi connectivity index (χ1) is 12.6. The summed E-state index contributed by atoms with van der Waals surface area (Å²) in [7, 11) is 0. The van der Waals surface area contributed by atoms with Gasteiger partial charge in [0, 0.05) is 12.5 Å². The molecule has 2 amide bonds. The second kappa shape index (κ2) is 17.7. The Balaban J connectivity index is 0. The van der Waals surface area contributed by atoms with Gasteiger partial charge in [0.25, 0.3) is 0 Å². The first-order valence-corrected chi connectivity index (χ1v) is 9.47. The van der Waals surface area contributed by atoms with Gasteiger partial charge in [0.2, 0.25) is 12.3 Å². The van der Waals surface area contributed by atoms with E-state index in [9.17, 15) is 14.4 Å². The first-order valence-electron chi connectivity index (χ1n) is 9.47. The van der Waals surface area contributed by atoms with E-state index < -0.39 is 0 Å². The summed E-state index contributed by atoms with van der Waals surface area (Å²) in [5, 5.41) is 13.7. The number of rotatable bonds is 11. The van der Waals surface area contributed by atoms with Crippen molar-refractivity contribution in [1.29, 1.82) is 0 Å². The van der Waals surface area contributed by atoms with Crippen LogP contribution in [0.4, 0.5) is 0 Å². The van der Waals surface area contributed by atoms with Gasteiger partial charge in [0.05, 0.1) is 19.8 Å². The summed E-state index contributed by atoms with van der Waals surface area (Å²) < 4.78 is 4.66. The number of aliphatic hydroxyl groups is 1. The van der Waals surface area contributed by atoms with Crippen LogP contribution in [0.15, 0.2) is 12.2 Å². The van der Waals surface area contributed by atoms with Crippen LogP contribution in [0, 0.1) is 5.92 Å². The highest BCUT2D eigenvalue weighted by Gasteiger charge is 2.30. The van der Waals surface area contributed by atoms with Gasteiger partial charge in [-0.3, -0.25) is 14.4 Å². The van der Waals surface area contributed by atoms with E-state index in [1.807, 2.05) is 13.8 Å². The topological polar surface area (TPSA) is 108 Å². The molecule has 0 saturated carbocycles. The molecule has 7 heteroatoms. The van der Waals surface area contributed by atoms with Crippen molar-refractivity contribution in [1.82, 2.24) is 10.6 Å². The predicted molar refractivity (Wildman–Crippen MR) is 107 cm³/mol. The van der Waals surface area contributed by atoms with Crippen LogP contribution < -0.4 is 10.6 Å². The maximum atomic E-state index is 11.2. The van der Waals surface area contributed by atoms with Crippen molar-refractivity contribution >= 4 is 18.1 Å². The molecule has 0 radical (unpaired) electrons. The predicted octanol–water partition coefficient (Wildman–Crippen LogP) is 1.98. The van der Waals surface area contributed by atoms with Crippen molar-refractivity contribution in [2.24, 2.45) is 5.92 Å². The zero-order valence-electron chi connectivity index (χ0n) is 17.5. The van der Waals surface area contributed by atoms with E-state index in [4.69, 9.17) is 5.11 Å². The Bertz CT molecular complexity index is 430. The number of hydrogen-bond acceptors (Lipinski definition) is 5. The highest BCUT2D eigenvalue weighted by Crippen LogP contribution is 2.08. The number of ether oxygens (including phenoxy) is 1. The van der Waals surface area contributed by atoms with Gasteiger partial charge in [-0.15, -0.1) is 6.58 Å². The fourth-order valence-corrected chi connectivity index (χ4v) is 1.72. The lowest BCUT2D eigenvalue weighted by Crippen LogP contribution is -2.34. The van der Waals surface area contributed by atoms with E-state index in [0.717, 1.165) is 18.8 Å². The smallest absolute Gasteiger partial charge is 0.220 e. The monoisotopic (exact) mass is 386 g/mol. The van der Waals surface area contributed by atoms with Gasteiger partial charge in [0.1, 0.15) is 6.10 Å². The molecule has 1 saturated heterocycles. The molecule has 0 aromatic rings. The van der Waals surface area contributed by atoms with Crippen molar-refractivity contribution in [3.05, 3.63) is 12.2 Å². The minimum absolute atomic E-state index is 0.0116. The molecule has 1 heterocycles. The maximum Gasteiger partial charge on any atom is 0.220 e. The molecule has 1 aliphatic rings. The zero-order chi connectivity index (χ0) is 21.2. The van der Waals surface area contributed by atoms with Crippen LogP contribution in [-0.2, 0) is 19.1 Å². The van der Waals surface area contributed by atoms with Crippen LogP contribution in [0.2, 0.25) is 0 Å². The number of aliphatic hydroxyl groups excluding tert-OH is 1. The third-order valence-corrected chi connectivity index (χ3v) is 3.17. The van der Waals surface area contributed by atoms with Gasteiger partial charge in [-0.1, -0.05) is 32.3 Å². The Labute approximate surface area is 163 Å². The van der Waals surface area contributed by atoms with E-state index in [0.29, 0.717) is 19.4 Å². The maximum absolute atomic E-state index is 11.2. The van der Waals surface area contributed by atoms with E-state index >= 15 is 0 Å². The molecule has 1 rings (SSSR count). The van der Waals surface area contributed by atoms with E-state index in [-0.39, 0.29) is 37.0 Å². The van der Waals surface area contributed by atoms with Crippen molar-refractivity contribution in [2.45, 2.75) is 72.4 Å². The van der Waals surface area contributed by atoms with Gasteiger partial charge in [0.15, 0.2) is 5.78 Å². The molecule has 27 heavy (non-hydrogen) atoms. The molecule has 0 bridgehead atoms. The molecule has 0 aromatic heterocycles. The van der Waals surface area contributed by atoms with Crippen LogP contribution >= 0.6 is 0 Å². The van der Waals surface area contributed by atoms with Gasteiger partial charge in [-0.25, -0.2) is 0 Å². The molecule has 158 valence electrons. The van der Waals surface area contributed by atoms with Crippen molar-refractivity contribution in [3.8, 4) is 0 Å². The minimum atomic E-state index is -0.238. The first kappa shape index (κ1) is 27.5. The number of hydrogen-bond donors (Lipinski definition) is 3. The molecule has 1 fully saturated rings. The van der Waals surface area contributed by atoms with E-state index in [2.05, 4.69) is 35.8 Å². The summed E-state index contributed by atoms with van der Waals surface area (Å²) in [5.74, 6) is 0.715. The zero-order valence-corrected chi connectivity index (χ0v) is 17.5. The number of nitrogens with one attached hydrogen (secondary N) is 2. The second-order valence-electron chi connectivity index (χ2n) is 7.28. The van der Waals surface area contributed by atoms with Crippen molar-refractivity contribution in [2.75, 3.05) is 19.8 Å². The largest absolute Gasteiger partial charge is 0.394 e. The third-order valence-electron chi connectivity index (χ3n) is 3.17. The van der Waals surface area contributed by atoms with Crippen molar-refractivity contribution in [3.63, 3.8) is 0 Å². The van der Waals surface area contributed by atoms with Gasteiger partial charge in [-0.2, -0.15) is 0 Å². The summed E-state index contributed by atoms with van der Waals surface area (Å²) >= 11 is 0. The van der Waals surface area contributed by atoms with E-state index in [1.165, 1.54) is 12.0 Å². The number of carbonyl (C=O) groups is 3. The van der Waals surface area contributed by atoms with Crippen molar-refractivity contribution < 1.29 is 24.2 Å². The number of Topliss-reactive ketones (excluding diaryl/α,β-unsaturated/α-hetero) is 1. The Morgan fingerprint density at radius 1 is 1.26 bits per heavy atom. The number of epoxide rings is 1.